The Morgan fingerprint density at radius 3 is 2.30 bits per heavy atom. The Labute approximate surface area is 197 Å². The SMILES string of the molecule is COC(=O)CN1C(=O)S/C(=C\c2cccc(OCCOc3ccc(C(C)(C)C)cc3)c2)C1=O. The molecule has 1 aliphatic rings. The number of ether oxygens (including phenoxy) is 3. The fraction of sp³-hybridized carbons (Fsp3) is 0.320. The fourth-order valence-corrected chi connectivity index (χ4v) is 3.88. The molecular formula is C25H27NO6S. The number of amides is 2. The summed E-state index contributed by atoms with van der Waals surface area (Å²) in [6.45, 7) is 6.82. The number of hydrogen-bond acceptors (Lipinski definition) is 7. The number of thioether (sulfide) groups is 1. The number of benzene rings is 2. The van der Waals surface area contributed by atoms with Gasteiger partial charge in [-0.1, -0.05) is 45.0 Å². The maximum absolute atomic E-state index is 12.4. The van der Waals surface area contributed by atoms with Crippen LogP contribution in [0.4, 0.5) is 4.79 Å². The average molecular weight is 470 g/mol. The number of methoxy groups -OCH3 is 1. The van der Waals surface area contributed by atoms with Crippen molar-refractivity contribution in [3.63, 3.8) is 0 Å². The molecule has 0 unspecified atom stereocenters. The van der Waals surface area contributed by atoms with E-state index in [1.165, 1.54) is 12.7 Å². The van der Waals surface area contributed by atoms with Crippen molar-refractivity contribution in [2.75, 3.05) is 26.9 Å². The first-order valence-corrected chi connectivity index (χ1v) is 11.3. The summed E-state index contributed by atoms with van der Waals surface area (Å²) >= 11 is 0.786. The second-order valence-corrected chi connectivity index (χ2v) is 9.38. The monoisotopic (exact) mass is 469 g/mol. The normalized spacial score (nSPS) is 15.2. The maximum Gasteiger partial charge on any atom is 0.325 e. The lowest BCUT2D eigenvalue weighted by molar-refractivity contribution is -0.143. The molecule has 1 saturated heterocycles. The summed E-state index contributed by atoms with van der Waals surface area (Å²) in [5, 5.41) is -0.503. The zero-order valence-corrected chi connectivity index (χ0v) is 19.9. The number of esters is 1. The predicted octanol–water partition coefficient (Wildman–Crippen LogP) is 4.65. The summed E-state index contributed by atoms with van der Waals surface area (Å²) < 4.78 is 16.0. The van der Waals surface area contributed by atoms with E-state index < -0.39 is 23.7 Å². The van der Waals surface area contributed by atoms with Crippen LogP contribution in [0.15, 0.2) is 53.4 Å². The van der Waals surface area contributed by atoms with Crippen LogP contribution in [-0.2, 0) is 19.7 Å². The smallest absolute Gasteiger partial charge is 0.325 e. The van der Waals surface area contributed by atoms with Gasteiger partial charge < -0.3 is 14.2 Å². The van der Waals surface area contributed by atoms with Gasteiger partial charge >= 0.3 is 5.97 Å². The molecule has 2 aromatic carbocycles. The van der Waals surface area contributed by atoms with Gasteiger partial charge in [0.25, 0.3) is 11.1 Å². The number of rotatable bonds is 8. The highest BCUT2D eigenvalue weighted by Gasteiger charge is 2.36. The van der Waals surface area contributed by atoms with E-state index in [9.17, 15) is 14.4 Å². The molecule has 8 heteroatoms. The first-order chi connectivity index (χ1) is 15.7. The van der Waals surface area contributed by atoms with Crippen LogP contribution in [0.25, 0.3) is 6.08 Å². The zero-order valence-electron chi connectivity index (χ0n) is 19.1. The second kappa shape index (κ2) is 10.6. The van der Waals surface area contributed by atoms with Crippen molar-refractivity contribution in [2.24, 2.45) is 0 Å². The van der Waals surface area contributed by atoms with Gasteiger partial charge in [0.2, 0.25) is 0 Å². The van der Waals surface area contributed by atoms with Crippen molar-refractivity contribution in [1.29, 1.82) is 0 Å². The highest BCUT2D eigenvalue weighted by Crippen LogP contribution is 2.32. The third kappa shape index (κ3) is 6.61. The molecule has 0 bridgehead atoms. The summed E-state index contributed by atoms with van der Waals surface area (Å²) in [5.41, 5.74) is 2.04. The number of imide groups is 1. The minimum absolute atomic E-state index is 0.0938. The van der Waals surface area contributed by atoms with Crippen molar-refractivity contribution in [3.05, 3.63) is 64.6 Å². The summed E-state index contributed by atoms with van der Waals surface area (Å²) in [5.74, 6) is 0.223. The zero-order chi connectivity index (χ0) is 24.0. The predicted molar refractivity (Wildman–Crippen MR) is 127 cm³/mol. The van der Waals surface area contributed by atoms with Gasteiger partial charge in [0.1, 0.15) is 31.3 Å². The maximum atomic E-state index is 12.4. The van der Waals surface area contributed by atoms with Crippen LogP contribution in [0.5, 0.6) is 11.5 Å². The van der Waals surface area contributed by atoms with Crippen LogP contribution in [-0.4, -0.2) is 48.9 Å². The van der Waals surface area contributed by atoms with Crippen LogP contribution >= 0.6 is 11.8 Å². The van der Waals surface area contributed by atoms with E-state index in [1.807, 2.05) is 12.1 Å². The average Bonchev–Trinajstić information content (AvgIpc) is 3.04. The van der Waals surface area contributed by atoms with E-state index in [4.69, 9.17) is 9.47 Å². The van der Waals surface area contributed by atoms with Gasteiger partial charge in [-0.3, -0.25) is 19.3 Å². The Kier molecular flexibility index (Phi) is 7.81. The van der Waals surface area contributed by atoms with Crippen LogP contribution in [0, 0.1) is 0 Å². The fourth-order valence-electron chi connectivity index (χ4n) is 3.05. The van der Waals surface area contributed by atoms with E-state index in [0.717, 1.165) is 22.4 Å². The van der Waals surface area contributed by atoms with E-state index >= 15 is 0 Å². The van der Waals surface area contributed by atoms with E-state index in [1.54, 1.807) is 30.3 Å². The third-order valence-corrected chi connectivity index (χ3v) is 5.79. The number of carbonyl (C=O) groups is 3. The summed E-state index contributed by atoms with van der Waals surface area (Å²) in [7, 11) is 1.20. The van der Waals surface area contributed by atoms with E-state index in [-0.39, 0.29) is 10.3 Å². The molecule has 0 atom stereocenters. The molecule has 0 N–H and O–H groups in total. The molecule has 0 radical (unpaired) electrons. The highest BCUT2D eigenvalue weighted by atomic mass is 32.2. The summed E-state index contributed by atoms with van der Waals surface area (Å²) in [6.07, 6.45) is 1.60. The van der Waals surface area contributed by atoms with E-state index in [0.29, 0.717) is 24.5 Å². The Balaban J connectivity index is 1.54. The molecule has 1 aliphatic heterocycles. The first kappa shape index (κ1) is 24.4. The Morgan fingerprint density at radius 2 is 1.67 bits per heavy atom. The van der Waals surface area contributed by atoms with Gasteiger partial charge in [-0.25, -0.2) is 0 Å². The third-order valence-electron chi connectivity index (χ3n) is 4.89. The number of nitrogens with zero attached hydrogens (tertiary/aromatic N) is 1. The molecule has 33 heavy (non-hydrogen) atoms. The lowest BCUT2D eigenvalue weighted by Crippen LogP contribution is -2.34. The molecule has 0 saturated carbocycles. The minimum atomic E-state index is -0.652. The quantitative estimate of drug-likeness (QED) is 0.316. The highest BCUT2D eigenvalue weighted by molar-refractivity contribution is 8.18. The van der Waals surface area contributed by atoms with Gasteiger partial charge in [0.15, 0.2) is 0 Å². The lowest BCUT2D eigenvalue weighted by Gasteiger charge is -2.19. The second-order valence-electron chi connectivity index (χ2n) is 8.39. The molecule has 2 amide bonds. The Hall–Kier alpha value is -3.26. The Bertz CT molecular complexity index is 1060. The molecule has 0 aromatic heterocycles. The molecule has 0 spiro atoms. The molecule has 0 aliphatic carbocycles. The lowest BCUT2D eigenvalue weighted by atomic mass is 9.87. The van der Waals surface area contributed by atoms with Crippen molar-refractivity contribution in [3.8, 4) is 11.5 Å². The van der Waals surface area contributed by atoms with Crippen molar-refractivity contribution in [1.82, 2.24) is 4.90 Å². The molecule has 7 nitrogen and oxygen atoms in total. The molecule has 1 fully saturated rings. The number of hydrogen-bond donors (Lipinski definition) is 0. The number of carbonyl (C=O) groups excluding carboxylic acids is 3. The standard InChI is InChI=1S/C25H27NO6S/c1-25(2,3)18-8-10-19(11-9-18)31-12-13-32-20-7-5-6-17(14-20)15-21-23(28)26(24(29)33-21)16-22(27)30-4/h5-11,14-15H,12-13,16H2,1-4H3/b21-15-. The van der Waals surface area contributed by atoms with Gasteiger partial charge in [0.05, 0.1) is 12.0 Å². The molecule has 2 aromatic rings. The summed E-state index contributed by atoms with van der Waals surface area (Å²) in [6, 6.07) is 15.2. The van der Waals surface area contributed by atoms with Crippen molar-refractivity contribution < 1.29 is 28.6 Å². The van der Waals surface area contributed by atoms with Gasteiger partial charge in [-0.15, -0.1) is 0 Å². The molecule has 174 valence electrons. The topological polar surface area (TPSA) is 82.1 Å². The minimum Gasteiger partial charge on any atom is -0.490 e. The van der Waals surface area contributed by atoms with Gasteiger partial charge in [-0.05, 0) is 58.6 Å². The first-order valence-electron chi connectivity index (χ1n) is 10.5. The largest absolute Gasteiger partial charge is 0.490 e. The Morgan fingerprint density at radius 1 is 1.00 bits per heavy atom. The van der Waals surface area contributed by atoms with Crippen LogP contribution in [0.2, 0.25) is 0 Å². The van der Waals surface area contributed by atoms with Crippen LogP contribution in [0.1, 0.15) is 31.9 Å². The molecule has 3 rings (SSSR count). The van der Waals surface area contributed by atoms with Crippen molar-refractivity contribution >= 4 is 35.0 Å². The van der Waals surface area contributed by atoms with Gasteiger partial charge in [0, 0.05) is 0 Å². The molecular weight excluding hydrogens is 442 g/mol. The van der Waals surface area contributed by atoms with Crippen molar-refractivity contribution in [2.45, 2.75) is 26.2 Å². The molecule has 1 heterocycles. The van der Waals surface area contributed by atoms with Crippen LogP contribution in [0.3, 0.4) is 0 Å². The van der Waals surface area contributed by atoms with Crippen LogP contribution < -0.4 is 9.47 Å². The summed E-state index contributed by atoms with van der Waals surface area (Å²) in [4.78, 5) is 37.0. The van der Waals surface area contributed by atoms with E-state index in [2.05, 4.69) is 37.6 Å². The van der Waals surface area contributed by atoms with Gasteiger partial charge in [-0.2, -0.15) is 0 Å².